The van der Waals surface area contributed by atoms with Gasteiger partial charge in [-0.05, 0) is 61.7 Å². The summed E-state index contributed by atoms with van der Waals surface area (Å²) in [7, 11) is 0. The number of nitrogens with zero attached hydrogens (tertiary/aromatic N) is 6. The normalized spacial score (nSPS) is 10.4. The summed E-state index contributed by atoms with van der Waals surface area (Å²) in [5, 5.41) is 19.4. The van der Waals surface area contributed by atoms with Gasteiger partial charge in [0.15, 0.2) is 0 Å². The van der Waals surface area contributed by atoms with Gasteiger partial charge in [-0.25, -0.2) is 4.68 Å². The Morgan fingerprint density at radius 3 is 2.66 bits per heavy atom. The molecule has 0 unspecified atom stereocenters. The van der Waals surface area contributed by atoms with Gasteiger partial charge in [0.05, 0.1) is 28.4 Å². The molecule has 148 valence electrons. The van der Waals surface area contributed by atoms with Gasteiger partial charge in [0, 0.05) is 16.7 Å². The van der Waals surface area contributed by atoms with Crippen molar-refractivity contribution in [2.75, 3.05) is 0 Å². The third kappa shape index (κ3) is 4.36. The number of nitro groups is 1. The number of nitro benzene ring substituents is 1. The van der Waals surface area contributed by atoms with Crippen molar-refractivity contribution in [2.24, 2.45) is 5.11 Å². The molecule has 0 atom stereocenters. The highest BCUT2D eigenvalue weighted by molar-refractivity contribution is 5.47. The Labute approximate surface area is 167 Å². The average Bonchev–Trinajstić information content (AvgIpc) is 3.03. The number of rotatable bonds is 7. The molecule has 0 aliphatic rings. The van der Waals surface area contributed by atoms with Gasteiger partial charge in [0.25, 0.3) is 5.69 Å². The first kappa shape index (κ1) is 19.9. The number of hydrogen-bond acceptors (Lipinski definition) is 5. The average molecular weight is 392 g/mol. The second kappa shape index (κ2) is 8.45. The number of benzene rings is 2. The molecular formula is C20H20N6O3. The smallest absolute Gasteiger partial charge is 0.276 e. The van der Waals surface area contributed by atoms with E-state index in [1.54, 1.807) is 12.1 Å². The summed E-state index contributed by atoms with van der Waals surface area (Å²) in [6.07, 6.45) is 0. The van der Waals surface area contributed by atoms with Crippen molar-refractivity contribution >= 4 is 5.69 Å². The van der Waals surface area contributed by atoms with E-state index in [9.17, 15) is 10.1 Å². The minimum atomic E-state index is -0.461. The number of hydrogen-bond donors (Lipinski definition) is 0. The van der Waals surface area contributed by atoms with E-state index in [0.29, 0.717) is 16.9 Å². The fourth-order valence-electron chi connectivity index (χ4n) is 3.18. The van der Waals surface area contributed by atoms with Gasteiger partial charge in [-0.3, -0.25) is 10.1 Å². The minimum absolute atomic E-state index is 0.00642. The van der Waals surface area contributed by atoms with Gasteiger partial charge in [0.2, 0.25) is 0 Å². The highest BCUT2D eigenvalue weighted by Gasteiger charge is 2.18. The Balaban J connectivity index is 1.87. The van der Waals surface area contributed by atoms with Crippen molar-refractivity contribution < 1.29 is 9.66 Å². The number of ether oxygens (including phenoxy) is 1. The minimum Gasteiger partial charge on any atom is -0.488 e. The largest absolute Gasteiger partial charge is 0.488 e. The molecule has 1 heterocycles. The van der Waals surface area contributed by atoms with Crippen LogP contribution in [0.1, 0.15) is 28.1 Å². The SMILES string of the molecule is Cc1cc(C)n(-c2ccc(OCc3c(CN=[N+]=[N-])cccc3[N+](=O)[O-])c(C)c2)n1. The first-order chi connectivity index (χ1) is 13.9. The molecule has 0 fully saturated rings. The maximum atomic E-state index is 11.4. The lowest BCUT2D eigenvalue weighted by Crippen LogP contribution is -2.06. The molecule has 0 bridgehead atoms. The zero-order chi connectivity index (χ0) is 21.0. The molecule has 0 N–H and O–H groups in total. The number of azide groups is 1. The van der Waals surface area contributed by atoms with Crippen LogP contribution in [-0.2, 0) is 13.2 Å². The Hall–Kier alpha value is -3.84. The van der Waals surface area contributed by atoms with E-state index in [4.69, 9.17) is 10.3 Å². The van der Waals surface area contributed by atoms with Gasteiger partial charge in [-0.15, -0.1) is 0 Å². The summed E-state index contributed by atoms with van der Waals surface area (Å²) in [6.45, 7) is 5.85. The van der Waals surface area contributed by atoms with Gasteiger partial charge in [-0.2, -0.15) is 5.10 Å². The summed E-state index contributed by atoms with van der Waals surface area (Å²) in [6, 6.07) is 12.3. The number of aromatic nitrogens is 2. The molecule has 9 heteroatoms. The van der Waals surface area contributed by atoms with E-state index in [1.165, 1.54) is 6.07 Å². The molecule has 0 saturated heterocycles. The second-order valence-corrected chi connectivity index (χ2v) is 6.64. The zero-order valence-corrected chi connectivity index (χ0v) is 16.4. The maximum absolute atomic E-state index is 11.4. The molecule has 0 radical (unpaired) electrons. The third-order valence-corrected chi connectivity index (χ3v) is 4.53. The van der Waals surface area contributed by atoms with Crippen LogP contribution in [0.5, 0.6) is 5.75 Å². The number of aryl methyl sites for hydroxylation is 3. The van der Waals surface area contributed by atoms with Crippen LogP contribution in [0.15, 0.2) is 47.6 Å². The maximum Gasteiger partial charge on any atom is 0.276 e. The lowest BCUT2D eigenvalue weighted by atomic mass is 10.1. The Kier molecular flexibility index (Phi) is 5.80. The Morgan fingerprint density at radius 2 is 2.03 bits per heavy atom. The van der Waals surface area contributed by atoms with Crippen LogP contribution in [0.2, 0.25) is 0 Å². The van der Waals surface area contributed by atoms with E-state index in [2.05, 4.69) is 15.1 Å². The lowest BCUT2D eigenvalue weighted by molar-refractivity contribution is -0.385. The monoisotopic (exact) mass is 392 g/mol. The van der Waals surface area contributed by atoms with Crippen LogP contribution >= 0.6 is 0 Å². The van der Waals surface area contributed by atoms with Crippen molar-refractivity contribution in [3.05, 3.63) is 91.1 Å². The van der Waals surface area contributed by atoms with Crippen LogP contribution in [0, 0.1) is 30.9 Å². The van der Waals surface area contributed by atoms with Crippen molar-refractivity contribution in [3.8, 4) is 11.4 Å². The standard InChI is InChI=1S/C20H20N6O3/c1-13-9-17(25-15(3)10-14(2)23-25)7-8-20(13)29-12-18-16(11-22-24-21)5-4-6-19(18)26(27)28/h4-10H,11-12H2,1-3H3. The molecule has 0 spiro atoms. The molecule has 0 aliphatic heterocycles. The first-order valence-electron chi connectivity index (χ1n) is 8.94. The molecule has 29 heavy (non-hydrogen) atoms. The van der Waals surface area contributed by atoms with Gasteiger partial charge < -0.3 is 4.74 Å². The predicted octanol–water partition coefficient (Wildman–Crippen LogP) is 5.10. The Morgan fingerprint density at radius 1 is 1.24 bits per heavy atom. The topological polar surface area (TPSA) is 119 Å². The van der Waals surface area contributed by atoms with E-state index >= 15 is 0 Å². The van der Waals surface area contributed by atoms with Crippen LogP contribution in [-0.4, -0.2) is 14.7 Å². The van der Waals surface area contributed by atoms with Crippen LogP contribution in [0.4, 0.5) is 5.69 Å². The Bertz CT molecular complexity index is 1120. The quantitative estimate of drug-likeness (QED) is 0.183. The van der Waals surface area contributed by atoms with E-state index < -0.39 is 4.92 Å². The van der Waals surface area contributed by atoms with Gasteiger partial charge in [0.1, 0.15) is 12.4 Å². The van der Waals surface area contributed by atoms with Gasteiger partial charge in [-0.1, -0.05) is 17.2 Å². The van der Waals surface area contributed by atoms with Gasteiger partial charge >= 0.3 is 0 Å². The highest BCUT2D eigenvalue weighted by Crippen LogP contribution is 2.27. The molecule has 2 aromatic carbocycles. The van der Waals surface area contributed by atoms with Crippen molar-refractivity contribution in [3.63, 3.8) is 0 Å². The molecule has 9 nitrogen and oxygen atoms in total. The summed E-state index contributed by atoms with van der Waals surface area (Å²) in [5.74, 6) is 0.614. The molecular weight excluding hydrogens is 372 g/mol. The highest BCUT2D eigenvalue weighted by atomic mass is 16.6. The second-order valence-electron chi connectivity index (χ2n) is 6.64. The molecule has 3 aromatic rings. The van der Waals surface area contributed by atoms with E-state index in [-0.39, 0.29) is 18.8 Å². The van der Waals surface area contributed by atoms with E-state index in [1.807, 2.05) is 49.7 Å². The molecule has 0 saturated carbocycles. The van der Waals surface area contributed by atoms with Crippen LogP contribution < -0.4 is 4.74 Å². The van der Waals surface area contributed by atoms with E-state index in [0.717, 1.165) is 22.6 Å². The van der Waals surface area contributed by atoms with Crippen LogP contribution in [0.25, 0.3) is 16.1 Å². The molecule has 0 aliphatic carbocycles. The summed E-state index contributed by atoms with van der Waals surface area (Å²) < 4.78 is 7.75. The molecule has 0 amide bonds. The lowest BCUT2D eigenvalue weighted by Gasteiger charge is -2.13. The predicted molar refractivity (Wildman–Crippen MR) is 108 cm³/mol. The fourth-order valence-corrected chi connectivity index (χ4v) is 3.18. The third-order valence-electron chi connectivity index (χ3n) is 4.53. The summed E-state index contributed by atoms with van der Waals surface area (Å²) >= 11 is 0. The van der Waals surface area contributed by atoms with Crippen molar-refractivity contribution in [2.45, 2.75) is 33.9 Å². The summed E-state index contributed by atoms with van der Waals surface area (Å²) in [4.78, 5) is 13.7. The van der Waals surface area contributed by atoms with Crippen LogP contribution in [0.3, 0.4) is 0 Å². The summed E-state index contributed by atoms with van der Waals surface area (Å²) in [5.41, 5.74) is 13.2. The zero-order valence-electron chi connectivity index (χ0n) is 16.4. The van der Waals surface area contributed by atoms with Crippen molar-refractivity contribution in [1.82, 2.24) is 9.78 Å². The first-order valence-corrected chi connectivity index (χ1v) is 8.94. The molecule has 3 rings (SSSR count). The van der Waals surface area contributed by atoms with Crippen molar-refractivity contribution in [1.29, 1.82) is 0 Å². The fraction of sp³-hybridized carbons (Fsp3) is 0.250. The molecule has 1 aromatic heterocycles.